The summed E-state index contributed by atoms with van der Waals surface area (Å²) in [6, 6.07) is 9.24. The van der Waals surface area contributed by atoms with Crippen LogP contribution in [0, 0.1) is 0 Å². The summed E-state index contributed by atoms with van der Waals surface area (Å²) in [7, 11) is 0. The molecule has 0 bridgehead atoms. The Morgan fingerprint density at radius 1 is 1.35 bits per heavy atom. The molecule has 0 saturated heterocycles. The third kappa shape index (κ3) is 2.05. The van der Waals surface area contributed by atoms with Gasteiger partial charge in [-0.3, -0.25) is 9.48 Å². The maximum absolute atomic E-state index is 11.1. The highest BCUT2D eigenvalue weighted by Crippen LogP contribution is 2.22. The maximum atomic E-state index is 11.1. The number of para-hydroxylation sites is 2. The molecule has 1 N–H and O–H groups in total. The molecule has 0 spiro atoms. The molecule has 6 nitrogen and oxygen atoms in total. The molecule has 3 aromatic rings. The van der Waals surface area contributed by atoms with E-state index in [1.807, 2.05) is 43.5 Å². The van der Waals surface area contributed by atoms with E-state index in [4.69, 9.17) is 5.11 Å². The number of carboxylic acids is 1. The molecule has 3 rings (SSSR count). The van der Waals surface area contributed by atoms with Gasteiger partial charge in [-0.05, 0) is 25.1 Å². The first-order valence-corrected chi connectivity index (χ1v) is 6.33. The number of aliphatic carboxylic acids is 1. The average molecular weight is 270 g/mol. The van der Waals surface area contributed by atoms with Gasteiger partial charge in [0.2, 0.25) is 0 Å². The van der Waals surface area contributed by atoms with Crippen molar-refractivity contribution in [2.45, 2.75) is 19.5 Å². The minimum absolute atomic E-state index is 0.110. The van der Waals surface area contributed by atoms with Crippen LogP contribution < -0.4 is 0 Å². The number of imidazole rings is 1. The first-order chi connectivity index (χ1) is 9.66. The summed E-state index contributed by atoms with van der Waals surface area (Å²) in [6.45, 7) is 1.84. The van der Waals surface area contributed by atoms with Crippen LogP contribution in [0.15, 0.2) is 42.7 Å². The van der Waals surface area contributed by atoms with E-state index in [0.717, 1.165) is 11.0 Å². The van der Waals surface area contributed by atoms with E-state index in [2.05, 4.69) is 10.1 Å². The number of hydrogen-bond donors (Lipinski definition) is 1. The predicted octanol–water partition coefficient (Wildman–Crippen LogP) is 1.93. The third-order valence-corrected chi connectivity index (χ3v) is 3.27. The van der Waals surface area contributed by atoms with Crippen LogP contribution in [0.5, 0.6) is 0 Å². The number of carbonyl (C=O) groups is 1. The molecule has 20 heavy (non-hydrogen) atoms. The summed E-state index contributed by atoms with van der Waals surface area (Å²) >= 11 is 0. The molecular formula is C14H14N4O2. The Morgan fingerprint density at radius 2 is 2.15 bits per heavy atom. The fourth-order valence-corrected chi connectivity index (χ4v) is 2.34. The Hall–Kier alpha value is -2.63. The van der Waals surface area contributed by atoms with Crippen molar-refractivity contribution in [2.24, 2.45) is 0 Å². The van der Waals surface area contributed by atoms with E-state index < -0.39 is 5.97 Å². The van der Waals surface area contributed by atoms with Gasteiger partial charge < -0.3 is 9.67 Å². The fourth-order valence-electron chi connectivity index (χ4n) is 2.34. The van der Waals surface area contributed by atoms with Crippen LogP contribution in [0.1, 0.15) is 18.8 Å². The zero-order chi connectivity index (χ0) is 14.1. The predicted molar refractivity (Wildman–Crippen MR) is 73.4 cm³/mol. The molecule has 102 valence electrons. The first-order valence-electron chi connectivity index (χ1n) is 6.33. The molecule has 0 saturated carbocycles. The summed E-state index contributed by atoms with van der Waals surface area (Å²) in [5.41, 5.74) is 1.62. The molecule has 0 aliphatic carbocycles. The lowest BCUT2D eigenvalue weighted by Crippen LogP contribution is -2.17. The summed E-state index contributed by atoms with van der Waals surface area (Å²) < 4.78 is 3.49. The highest BCUT2D eigenvalue weighted by molar-refractivity contribution is 5.78. The minimum atomic E-state index is -0.887. The van der Waals surface area contributed by atoms with Crippen molar-refractivity contribution >= 4 is 17.0 Å². The zero-order valence-electron chi connectivity index (χ0n) is 11.0. The maximum Gasteiger partial charge on any atom is 0.323 e. The van der Waals surface area contributed by atoms with Crippen LogP contribution in [0.3, 0.4) is 0 Å². The molecule has 0 aliphatic heterocycles. The third-order valence-electron chi connectivity index (χ3n) is 3.27. The van der Waals surface area contributed by atoms with Crippen molar-refractivity contribution in [2.75, 3.05) is 0 Å². The highest BCUT2D eigenvalue weighted by Gasteiger charge is 2.19. The van der Waals surface area contributed by atoms with Crippen molar-refractivity contribution in [1.82, 2.24) is 19.3 Å². The lowest BCUT2D eigenvalue weighted by atomic mass is 10.3. The molecule has 0 radical (unpaired) electrons. The lowest BCUT2D eigenvalue weighted by Gasteiger charge is -2.13. The second-order valence-corrected chi connectivity index (χ2v) is 4.60. The normalized spacial score (nSPS) is 12.7. The molecule has 2 aromatic heterocycles. The summed E-state index contributed by atoms with van der Waals surface area (Å²) in [5.74, 6) is -0.195. The van der Waals surface area contributed by atoms with Crippen LogP contribution in [-0.2, 0) is 11.3 Å². The number of nitrogens with zero attached hydrogens (tertiary/aromatic N) is 4. The molecule has 0 aliphatic rings. The monoisotopic (exact) mass is 270 g/mol. The van der Waals surface area contributed by atoms with Gasteiger partial charge in [0.25, 0.3) is 0 Å². The number of benzene rings is 1. The van der Waals surface area contributed by atoms with Gasteiger partial charge in [-0.25, -0.2) is 4.98 Å². The molecule has 6 heteroatoms. The largest absolute Gasteiger partial charge is 0.480 e. The zero-order valence-corrected chi connectivity index (χ0v) is 11.0. The summed E-state index contributed by atoms with van der Waals surface area (Å²) in [6.07, 6.45) is 3.54. The van der Waals surface area contributed by atoms with Crippen molar-refractivity contribution in [3.05, 3.63) is 48.5 Å². The Kier molecular flexibility index (Phi) is 2.98. The second-order valence-electron chi connectivity index (χ2n) is 4.60. The van der Waals surface area contributed by atoms with E-state index in [-0.39, 0.29) is 12.6 Å². The number of carboxylic acid groups (broad SMARTS) is 1. The molecule has 2 heterocycles. The Bertz CT molecular complexity index is 746. The smallest absolute Gasteiger partial charge is 0.323 e. The van der Waals surface area contributed by atoms with Crippen LogP contribution in [0.2, 0.25) is 0 Å². The topological polar surface area (TPSA) is 72.9 Å². The van der Waals surface area contributed by atoms with Gasteiger partial charge in [0.1, 0.15) is 18.4 Å². The number of hydrogen-bond acceptors (Lipinski definition) is 3. The Labute approximate surface area is 115 Å². The van der Waals surface area contributed by atoms with Crippen LogP contribution >= 0.6 is 0 Å². The van der Waals surface area contributed by atoms with Crippen LogP contribution in [0.4, 0.5) is 0 Å². The van der Waals surface area contributed by atoms with Crippen molar-refractivity contribution in [3.8, 4) is 0 Å². The number of rotatable bonds is 4. The lowest BCUT2D eigenvalue weighted by molar-refractivity contribution is -0.137. The summed E-state index contributed by atoms with van der Waals surface area (Å²) in [4.78, 5) is 15.7. The van der Waals surface area contributed by atoms with E-state index in [1.54, 1.807) is 15.4 Å². The molecule has 1 atom stereocenters. The van der Waals surface area contributed by atoms with Gasteiger partial charge in [0.05, 0.1) is 11.0 Å². The highest BCUT2D eigenvalue weighted by atomic mass is 16.4. The van der Waals surface area contributed by atoms with E-state index in [9.17, 15) is 4.79 Å². The minimum Gasteiger partial charge on any atom is -0.480 e. The van der Waals surface area contributed by atoms with E-state index in [1.165, 1.54) is 0 Å². The van der Waals surface area contributed by atoms with Gasteiger partial charge in [-0.2, -0.15) is 5.10 Å². The van der Waals surface area contributed by atoms with Crippen molar-refractivity contribution < 1.29 is 9.90 Å². The van der Waals surface area contributed by atoms with Crippen LogP contribution in [-0.4, -0.2) is 30.4 Å². The molecular weight excluding hydrogens is 256 g/mol. The fraction of sp³-hybridized carbons (Fsp3) is 0.214. The van der Waals surface area contributed by atoms with Gasteiger partial charge in [-0.15, -0.1) is 0 Å². The summed E-state index contributed by atoms with van der Waals surface area (Å²) in [5, 5.41) is 13.3. The van der Waals surface area contributed by atoms with E-state index in [0.29, 0.717) is 5.82 Å². The van der Waals surface area contributed by atoms with Crippen LogP contribution in [0.25, 0.3) is 11.0 Å². The SMILES string of the molecule is CC(c1nc2ccccc2n1CC(=O)O)n1cccn1. The van der Waals surface area contributed by atoms with Gasteiger partial charge in [-0.1, -0.05) is 12.1 Å². The standard InChI is InChI=1S/C14H14N4O2/c1-10(18-8-4-7-15-18)14-16-11-5-2-3-6-12(11)17(14)9-13(19)20/h2-8,10H,9H2,1H3,(H,19,20). The van der Waals surface area contributed by atoms with Crippen molar-refractivity contribution in [1.29, 1.82) is 0 Å². The Balaban J connectivity index is 2.16. The number of aromatic nitrogens is 4. The molecule has 1 aromatic carbocycles. The molecule has 0 fully saturated rings. The number of fused-ring (bicyclic) bond motifs is 1. The van der Waals surface area contributed by atoms with Gasteiger partial charge in [0.15, 0.2) is 0 Å². The quantitative estimate of drug-likeness (QED) is 0.786. The molecule has 1 unspecified atom stereocenters. The van der Waals surface area contributed by atoms with E-state index >= 15 is 0 Å². The molecule has 0 amide bonds. The Morgan fingerprint density at radius 3 is 2.85 bits per heavy atom. The first kappa shape index (κ1) is 12.4. The van der Waals surface area contributed by atoms with Gasteiger partial charge in [0, 0.05) is 12.4 Å². The van der Waals surface area contributed by atoms with Crippen molar-refractivity contribution in [3.63, 3.8) is 0 Å². The van der Waals surface area contributed by atoms with Gasteiger partial charge >= 0.3 is 5.97 Å². The average Bonchev–Trinajstić information content (AvgIpc) is 3.06. The second kappa shape index (κ2) is 4.80.